The molecule has 0 heterocycles. The topological polar surface area (TPSA) is 58.6 Å². The van der Waals surface area contributed by atoms with Crippen LogP contribution in [0.2, 0.25) is 5.02 Å². The molecule has 3 aromatic rings. The Labute approximate surface area is 233 Å². The summed E-state index contributed by atoms with van der Waals surface area (Å²) in [6.45, 7) is 6.54. The van der Waals surface area contributed by atoms with Crippen LogP contribution < -0.4 is 10.1 Å². The van der Waals surface area contributed by atoms with Crippen LogP contribution in [0.5, 0.6) is 5.75 Å². The van der Waals surface area contributed by atoms with Gasteiger partial charge in [0.15, 0.2) is 6.61 Å². The quantitative estimate of drug-likeness (QED) is 0.242. The Bertz CT molecular complexity index is 1180. The van der Waals surface area contributed by atoms with Crippen LogP contribution in [0, 0.1) is 13.8 Å². The highest BCUT2D eigenvalue weighted by Gasteiger charge is 2.30. The number of benzene rings is 3. The van der Waals surface area contributed by atoms with Gasteiger partial charge in [-0.3, -0.25) is 9.59 Å². The fourth-order valence-electron chi connectivity index (χ4n) is 4.11. The zero-order valence-corrected chi connectivity index (χ0v) is 23.9. The van der Waals surface area contributed by atoms with Crippen LogP contribution in [0.3, 0.4) is 0 Å². The van der Waals surface area contributed by atoms with Gasteiger partial charge in [-0.2, -0.15) is 0 Å². The van der Waals surface area contributed by atoms with Crippen molar-refractivity contribution in [3.05, 3.63) is 98.5 Å². The second-order valence-corrected chi connectivity index (χ2v) is 10.5. The van der Waals surface area contributed by atoms with E-state index in [1.807, 2.05) is 80.6 Å². The highest BCUT2D eigenvalue weighted by Crippen LogP contribution is 2.26. The second kappa shape index (κ2) is 14.2. The van der Waals surface area contributed by atoms with Crippen molar-refractivity contribution in [1.82, 2.24) is 10.2 Å². The first kappa shape index (κ1) is 28.7. The van der Waals surface area contributed by atoms with E-state index in [-0.39, 0.29) is 25.0 Å². The monoisotopic (exact) mass is 584 g/mol. The molecule has 37 heavy (non-hydrogen) atoms. The first-order chi connectivity index (χ1) is 17.8. The molecule has 0 saturated carbocycles. The van der Waals surface area contributed by atoms with Crippen molar-refractivity contribution in [3.8, 4) is 5.75 Å². The van der Waals surface area contributed by atoms with Gasteiger partial charge in [0.2, 0.25) is 5.91 Å². The van der Waals surface area contributed by atoms with Gasteiger partial charge < -0.3 is 15.0 Å². The van der Waals surface area contributed by atoms with Gasteiger partial charge in [-0.1, -0.05) is 83.3 Å². The van der Waals surface area contributed by atoms with Crippen LogP contribution in [0.15, 0.2) is 71.2 Å². The third-order valence-electron chi connectivity index (χ3n) is 6.11. The van der Waals surface area contributed by atoms with Gasteiger partial charge in [-0.05, 0) is 66.8 Å². The molecule has 7 heteroatoms. The highest BCUT2D eigenvalue weighted by atomic mass is 79.9. The summed E-state index contributed by atoms with van der Waals surface area (Å²) in [5.74, 6) is 0.137. The number of ether oxygens (including phenoxy) is 1. The van der Waals surface area contributed by atoms with E-state index in [4.69, 9.17) is 16.3 Å². The Morgan fingerprint density at radius 1 is 1.00 bits per heavy atom. The highest BCUT2D eigenvalue weighted by molar-refractivity contribution is 9.10. The molecule has 5 nitrogen and oxygen atoms in total. The molecule has 0 aliphatic carbocycles. The number of nitrogens with one attached hydrogen (secondary N) is 1. The number of unbranched alkanes of at least 4 members (excludes halogenated alkanes) is 1. The van der Waals surface area contributed by atoms with E-state index in [0.29, 0.717) is 23.7 Å². The van der Waals surface area contributed by atoms with E-state index in [1.54, 1.807) is 4.90 Å². The molecule has 0 spiro atoms. The molecular formula is C30H34BrClN2O3. The minimum atomic E-state index is -0.692. The summed E-state index contributed by atoms with van der Waals surface area (Å²) in [6, 6.07) is 20.5. The van der Waals surface area contributed by atoms with E-state index in [0.717, 1.165) is 39.6 Å². The van der Waals surface area contributed by atoms with Crippen molar-refractivity contribution in [2.24, 2.45) is 0 Å². The summed E-state index contributed by atoms with van der Waals surface area (Å²) >= 11 is 9.81. The van der Waals surface area contributed by atoms with Gasteiger partial charge in [0, 0.05) is 29.0 Å². The summed E-state index contributed by atoms with van der Waals surface area (Å²) < 4.78 is 6.82. The largest absolute Gasteiger partial charge is 0.484 e. The third-order valence-corrected chi connectivity index (χ3v) is 7.20. The summed E-state index contributed by atoms with van der Waals surface area (Å²) in [7, 11) is 0. The van der Waals surface area contributed by atoms with Gasteiger partial charge in [0.1, 0.15) is 11.8 Å². The van der Waals surface area contributed by atoms with Crippen molar-refractivity contribution in [3.63, 3.8) is 0 Å². The molecule has 0 aromatic heterocycles. The van der Waals surface area contributed by atoms with Crippen LogP contribution in [-0.4, -0.2) is 35.9 Å². The molecule has 3 rings (SSSR count). The Morgan fingerprint density at radius 2 is 1.68 bits per heavy atom. The molecule has 0 bridgehead atoms. The Kier molecular flexibility index (Phi) is 11.0. The number of carbonyl (C=O) groups excluding carboxylic acids is 2. The van der Waals surface area contributed by atoms with Crippen LogP contribution in [0.4, 0.5) is 0 Å². The average Bonchev–Trinajstić information content (AvgIpc) is 2.88. The maximum absolute atomic E-state index is 13.7. The lowest BCUT2D eigenvalue weighted by Gasteiger charge is -2.31. The molecule has 0 saturated heterocycles. The summed E-state index contributed by atoms with van der Waals surface area (Å²) in [5.41, 5.74) is 3.66. The number of aryl methyl sites for hydroxylation is 2. The lowest BCUT2D eigenvalue weighted by Crippen LogP contribution is -2.51. The fourth-order valence-corrected chi connectivity index (χ4v) is 4.67. The first-order valence-corrected chi connectivity index (χ1v) is 13.7. The molecule has 3 aromatic carbocycles. The smallest absolute Gasteiger partial charge is 0.261 e. The zero-order valence-electron chi connectivity index (χ0n) is 21.6. The van der Waals surface area contributed by atoms with Crippen LogP contribution in [0.1, 0.15) is 42.0 Å². The van der Waals surface area contributed by atoms with Gasteiger partial charge in [0.05, 0.1) is 0 Å². The summed E-state index contributed by atoms with van der Waals surface area (Å²) in [5, 5.41) is 3.72. The van der Waals surface area contributed by atoms with Crippen molar-refractivity contribution < 1.29 is 14.3 Å². The van der Waals surface area contributed by atoms with Crippen molar-refractivity contribution in [2.75, 3.05) is 13.2 Å². The van der Waals surface area contributed by atoms with Crippen molar-refractivity contribution in [1.29, 1.82) is 0 Å². The normalized spacial score (nSPS) is 11.6. The molecular weight excluding hydrogens is 552 g/mol. The van der Waals surface area contributed by atoms with Crippen LogP contribution in [0.25, 0.3) is 0 Å². The lowest BCUT2D eigenvalue weighted by molar-refractivity contribution is -0.142. The molecule has 1 N–H and O–H groups in total. The predicted octanol–water partition coefficient (Wildman–Crippen LogP) is 6.65. The molecule has 0 fully saturated rings. The van der Waals surface area contributed by atoms with Crippen molar-refractivity contribution >= 4 is 39.3 Å². The second-order valence-electron chi connectivity index (χ2n) is 9.16. The number of nitrogens with zero attached hydrogens (tertiary/aromatic N) is 1. The van der Waals surface area contributed by atoms with Crippen molar-refractivity contribution in [2.45, 2.75) is 52.6 Å². The van der Waals surface area contributed by atoms with Crippen LogP contribution >= 0.6 is 27.5 Å². The molecule has 196 valence electrons. The van der Waals surface area contributed by atoms with E-state index < -0.39 is 6.04 Å². The van der Waals surface area contributed by atoms with Gasteiger partial charge in [0.25, 0.3) is 5.91 Å². The minimum Gasteiger partial charge on any atom is -0.484 e. The summed E-state index contributed by atoms with van der Waals surface area (Å²) in [4.78, 5) is 28.8. The standard InChI is InChI=1S/C30H34BrClN2O3/c1-4-5-14-33-30(36)27(18-23-10-7-6-8-11-23)34(19-24-12-9-13-25(31)17-24)28(35)20-37-26-15-21(2)29(32)22(3)16-26/h6-13,15-17,27H,4-5,14,18-20H2,1-3H3,(H,33,36). The molecule has 1 atom stereocenters. The SMILES string of the molecule is CCCCNC(=O)C(Cc1ccccc1)N(Cc1cccc(Br)c1)C(=O)COc1cc(C)c(Cl)c(C)c1. The van der Waals surface area contributed by atoms with Crippen LogP contribution in [-0.2, 0) is 22.6 Å². The van der Waals surface area contributed by atoms with E-state index in [2.05, 4.69) is 28.2 Å². The van der Waals surface area contributed by atoms with Gasteiger partial charge in [-0.25, -0.2) is 0 Å². The number of carbonyl (C=O) groups is 2. The van der Waals surface area contributed by atoms with Gasteiger partial charge in [-0.15, -0.1) is 0 Å². The number of hydrogen-bond acceptors (Lipinski definition) is 3. The number of amides is 2. The fraction of sp³-hybridized carbons (Fsp3) is 0.333. The predicted molar refractivity (Wildman–Crippen MR) is 153 cm³/mol. The Morgan fingerprint density at radius 3 is 2.32 bits per heavy atom. The van der Waals surface area contributed by atoms with Gasteiger partial charge >= 0.3 is 0 Å². The molecule has 0 aliphatic rings. The maximum atomic E-state index is 13.7. The zero-order chi connectivity index (χ0) is 26.8. The minimum absolute atomic E-state index is 0.168. The third kappa shape index (κ3) is 8.61. The molecule has 2 amide bonds. The van der Waals surface area contributed by atoms with E-state index in [9.17, 15) is 9.59 Å². The first-order valence-electron chi connectivity index (χ1n) is 12.5. The van der Waals surface area contributed by atoms with E-state index >= 15 is 0 Å². The molecule has 1 unspecified atom stereocenters. The summed E-state index contributed by atoms with van der Waals surface area (Å²) in [6.07, 6.45) is 2.25. The number of rotatable bonds is 12. The number of halogens is 2. The molecule has 0 aliphatic heterocycles. The average molecular weight is 586 g/mol. The van der Waals surface area contributed by atoms with E-state index in [1.165, 1.54) is 0 Å². The lowest BCUT2D eigenvalue weighted by atomic mass is 10.0. The number of hydrogen-bond donors (Lipinski definition) is 1. The Hall–Kier alpha value is -2.83. The maximum Gasteiger partial charge on any atom is 0.261 e. The molecule has 0 radical (unpaired) electrons. The Balaban J connectivity index is 1.90.